The average Bonchev–Trinajstić information content (AvgIpc) is 3.09. The normalized spacial score (nSPS) is 10.8. The zero-order valence-electron chi connectivity index (χ0n) is 9.75. The first kappa shape index (κ1) is 12.4. The Kier molecular flexibility index (Phi) is 3.61. The van der Waals surface area contributed by atoms with Crippen LogP contribution in [-0.4, -0.2) is 10.1 Å². The fourth-order valence-corrected chi connectivity index (χ4v) is 2.88. The smallest absolute Gasteiger partial charge is 0.237 e. The number of thioether (sulfide) groups is 1. The van der Waals surface area contributed by atoms with E-state index in [2.05, 4.69) is 10.1 Å². The fourth-order valence-electron chi connectivity index (χ4n) is 1.50. The van der Waals surface area contributed by atoms with Crippen molar-refractivity contribution in [2.75, 3.05) is 0 Å². The molecule has 0 saturated heterocycles. The number of nitrogens with zero attached hydrogens (tertiary/aromatic N) is 2. The number of rotatable bonds is 4. The van der Waals surface area contributed by atoms with Gasteiger partial charge in [0.05, 0.1) is 10.6 Å². The fraction of sp³-hybridized carbons (Fsp3) is 0.0769. The number of aromatic nitrogens is 2. The van der Waals surface area contributed by atoms with E-state index in [0.717, 1.165) is 9.77 Å². The van der Waals surface area contributed by atoms with Gasteiger partial charge in [0.15, 0.2) is 0 Å². The summed E-state index contributed by atoms with van der Waals surface area (Å²) in [5.41, 5.74) is 0. The Bertz CT molecular complexity index is 650. The molecule has 0 spiro atoms. The van der Waals surface area contributed by atoms with Crippen molar-refractivity contribution in [3.63, 3.8) is 0 Å². The number of thiophene rings is 1. The van der Waals surface area contributed by atoms with Gasteiger partial charge in [-0.3, -0.25) is 0 Å². The van der Waals surface area contributed by atoms with E-state index in [4.69, 9.17) is 4.52 Å². The van der Waals surface area contributed by atoms with Gasteiger partial charge in [0, 0.05) is 4.90 Å². The topological polar surface area (TPSA) is 38.9 Å². The molecule has 0 fully saturated rings. The lowest BCUT2D eigenvalue weighted by atomic mass is 10.4. The van der Waals surface area contributed by atoms with Gasteiger partial charge in [-0.05, 0) is 35.7 Å². The van der Waals surface area contributed by atoms with Gasteiger partial charge in [0.25, 0.3) is 0 Å². The van der Waals surface area contributed by atoms with Crippen molar-refractivity contribution in [3.8, 4) is 10.7 Å². The van der Waals surface area contributed by atoms with Crippen molar-refractivity contribution in [1.29, 1.82) is 0 Å². The highest BCUT2D eigenvalue weighted by Crippen LogP contribution is 2.25. The summed E-state index contributed by atoms with van der Waals surface area (Å²) >= 11 is 3.11. The predicted octanol–water partition coefficient (Wildman–Crippen LogP) is 4.23. The van der Waals surface area contributed by atoms with Crippen LogP contribution in [0.25, 0.3) is 10.7 Å². The van der Waals surface area contributed by atoms with Crippen molar-refractivity contribution in [1.82, 2.24) is 10.1 Å². The second kappa shape index (κ2) is 5.54. The molecule has 0 saturated carbocycles. The first-order valence-corrected chi connectivity index (χ1v) is 7.42. The van der Waals surface area contributed by atoms with Crippen molar-refractivity contribution < 1.29 is 8.91 Å². The number of benzene rings is 1. The van der Waals surface area contributed by atoms with Gasteiger partial charge in [-0.25, -0.2) is 4.39 Å². The van der Waals surface area contributed by atoms with Crippen LogP contribution in [0.3, 0.4) is 0 Å². The van der Waals surface area contributed by atoms with Crippen molar-refractivity contribution in [2.45, 2.75) is 10.6 Å². The molecule has 0 atom stereocenters. The maximum absolute atomic E-state index is 12.8. The maximum atomic E-state index is 12.8. The van der Waals surface area contributed by atoms with Crippen molar-refractivity contribution in [2.24, 2.45) is 0 Å². The number of halogens is 1. The van der Waals surface area contributed by atoms with E-state index in [1.165, 1.54) is 23.9 Å². The van der Waals surface area contributed by atoms with Crippen LogP contribution in [-0.2, 0) is 5.75 Å². The molecule has 96 valence electrons. The van der Waals surface area contributed by atoms with E-state index in [1.54, 1.807) is 23.5 Å². The Balaban J connectivity index is 1.66. The maximum Gasteiger partial charge on any atom is 0.237 e. The minimum absolute atomic E-state index is 0.234. The largest absolute Gasteiger partial charge is 0.338 e. The van der Waals surface area contributed by atoms with Gasteiger partial charge < -0.3 is 4.52 Å². The molecule has 0 aliphatic rings. The van der Waals surface area contributed by atoms with E-state index >= 15 is 0 Å². The molecule has 6 heteroatoms. The lowest BCUT2D eigenvalue weighted by Gasteiger charge is -1.97. The molecule has 0 aliphatic heterocycles. The number of hydrogen-bond acceptors (Lipinski definition) is 5. The van der Waals surface area contributed by atoms with Crippen LogP contribution < -0.4 is 0 Å². The van der Waals surface area contributed by atoms with Crippen LogP contribution >= 0.6 is 23.1 Å². The molecule has 1 aromatic carbocycles. The Labute approximate surface area is 117 Å². The van der Waals surface area contributed by atoms with E-state index in [-0.39, 0.29) is 5.82 Å². The molecule has 3 nitrogen and oxygen atoms in total. The van der Waals surface area contributed by atoms with E-state index in [1.807, 2.05) is 17.5 Å². The Morgan fingerprint density at radius 3 is 2.79 bits per heavy atom. The molecule has 3 rings (SSSR count). The molecule has 0 aliphatic carbocycles. The summed E-state index contributed by atoms with van der Waals surface area (Å²) in [6.07, 6.45) is 0. The van der Waals surface area contributed by atoms with E-state index < -0.39 is 0 Å². The first-order valence-electron chi connectivity index (χ1n) is 5.56. The third-order valence-electron chi connectivity index (χ3n) is 2.39. The monoisotopic (exact) mass is 292 g/mol. The average molecular weight is 292 g/mol. The summed E-state index contributed by atoms with van der Waals surface area (Å²) in [6, 6.07) is 10.2. The summed E-state index contributed by atoms with van der Waals surface area (Å²) in [5.74, 6) is 1.52. The van der Waals surface area contributed by atoms with Crippen molar-refractivity contribution in [3.05, 3.63) is 53.5 Å². The third-order valence-corrected chi connectivity index (χ3v) is 4.25. The van der Waals surface area contributed by atoms with Crippen LogP contribution in [0.4, 0.5) is 4.39 Å². The molecule has 2 heterocycles. The highest BCUT2D eigenvalue weighted by atomic mass is 32.2. The molecule has 3 aromatic rings. The summed E-state index contributed by atoms with van der Waals surface area (Å²) in [6.45, 7) is 0. The summed E-state index contributed by atoms with van der Waals surface area (Å²) in [4.78, 5) is 6.28. The van der Waals surface area contributed by atoms with Crippen LogP contribution in [0, 0.1) is 5.82 Å². The molecule has 0 unspecified atom stereocenters. The van der Waals surface area contributed by atoms with Gasteiger partial charge in [-0.15, -0.1) is 23.1 Å². The van der Waals surface area contributed by atoms with Crippen LogP contribution in [0.15, 0.2) is 51.2 Å². The molecule has 0 N–H and O–H groups in total. The van der Waals surface area contributed by atoms with Crippen LogP contribution in [0.1, 0.15) is 5.89 Å². The standard InChI is InChI=1S/C13H9FN2OS2/c14-9-3-5-10(6-4-9)19-8-12-15-13(16-17-12)11-2-1-7-18-11/h1-7H,8H2. The Morgan fingerprint density at radius 2 is 2.05 bits per heavy atom. The van der Waals surface area contributed by atoms with E-state index in [9.17, 15) is 4.39 Å². The van der Waals surface area contributed by atoms with Gasteiger partial charge in [-0.1, -0.05) is 11.2 Å². The zero-order valence-corrected chi connectivity index (χ0v) is 11.4. The summed E-state index contributed by atoms with van der Waals surface area (Å²) in [5, 5.41) is 5.91. The minimum atomic E-state index is -0.234. The molecule has 0 radical (unpaired) electrons. The molecule has 0 bridgehead atoms. The Morgan fingerprint density at radius 1 is 1.21 bits per heavy atom. The Hall–Kier alpha value is -1.66. The van der Waals surface area contributed by atoms with Gasteiger partial charge in [-0.2, -0.15) is 4.98 Å². The predicted molar refractivity (Wildman–Crippen MR) is 73.6 cm³/mol. The van der Waals surface area contributed by atoms with Gasteiger partial charge in [0.1, 0.15) is 5.82 Å². The SMILES string of the molecule is Fc1ccc(SCc2nc(-c3cccs3)no2)cc1. The minimum Gasteiger partial charge on any atom is -0.338 e. The van der Waals surface area contributed by atoms with Gasteiger partial charge >= 0.3 is 0 Å². The highest BCUT2D eigenvalue weighted by Gasteiger charge is 2.09. The first-order chi connectivity index (χ1) is 9.31. The molecular formula is C13H9FN2OS2. The lowest BCUT2D eigenvalue weighted by Crippen LogP contribution is -1.81. The molecule has 19 heavy (non-hydrogen) atoms. The third kappa shape index (κ3) is 3.02. The lowest BCUT2D eigenvalue weighted by molar-refractivity contribution is 0.392. The van der Waals surface area contributed by atoms with Crippen molar-refractivity contribution >= 4 is 23.1 Å². The zero-order chi connectivity index (χ0) is 13.1. The molecular weight excluding hydrogens is 283 g/mol. The van der Waals surface area contributed by atoms with E-state index in [0.29, 0.717) is 17.5 Å². The second-order valence-electron chi connectivity index (χ2n) is 3.73. The summed E-state index contributed by atoms with van der Waals surface area (Å²) in [7, 11) is 0. The summed E-state index contributed by atoms with van der Waals surface area (Å²) < 4.78 is 17.9. The molecule has 0 amide bonds. The molecule has 2 aromatic heterocycles. The quantitative estimate of drug-likeness (QED) is 0.675. The highest BCUT2D eigenvalue weighted by molar-refractivity contribution is 7.98. The van der Waals surface area contributed by atoms with Gasteiger partial charge in [0.2, 0.25) is 11.7 Å². The second-order valence-corrected chi connectivity index (χ2v) is 5.73. The van der Waals surface area contributed by atoms with Crippen LogP contribution in [0.5, 0.6) is 0 Å². The van der Waals surface area contributed by atoms with Crippen LogP contribution in [0.2, 0.25) is 0 Å². The number of hydrogen-bond donors (Lipinski definition) is 0.